The smallest absolute Gasteiger partial charge is 0.253 e. The van der Waals surface area contributed by atoms with Crippen molar-refractivity contribution in [3.8, 4) is 5.82 Å². The van der Waals surface area contributed by atoms with Crippen molar-refractivity contribution in [1.29, 1.82) is 0 Å². The molecule has 0 saturated carbocycles. The number of nitrogens with zero attached hydrogens (tertiary/aromatic N) is 4. The highest BCUT2D eigenvalue weighted by Crippen LogP contribution is 2.23. The quantitative estimate of drug-likeness (QED) is 0.573. The van der Waals surface area contributed by atoms with Crippen molar-refractivity contribution < 1.29 is 4.79 Å². The molecule has 0 bridgehead atoms. The lowest BCUT2D eigenvalue weighted by atomic mass is 10.1. The summed E-state index contributed by atoms with van der Waals surface area (Å²) >= 11 is 0. The Morgan fingerprint density at radius 2 is 2.00 bits per heavy atom. The predicted octanol–water partition coefficient (Wildman–Crippen LogP) is 2.94. The molecular formula is C20H20N6O. The van der Waals surface area contributed by atoms with Crippen LogP contribution in [-0.2, 0) is 13.0 Å². The van der Waals surface area contributed by atoms with Gasteiger partial charge in [0.05, 0.1) is 5.56 Å². The largest absolute Gasteiger partial charge is 0.358 e. The Hall–Kier alpha value is -3.48. The number of carbonyl (C=O) groups excluding carboxylic acids is 1. The van der Waals surface area contributed by atoms with Gasteiger partial charge in [0.25, 0.3) is 5.91 Å². The number of aromatic nitrogens is 5. The van der Waals surface area contributed by atoms with E-state index in [1.807, 2.05) is 6.07 Å². The highest BCUT2D eigenvalue weighted by Gasteiger charge is 2.09. The molecule has 3 aromatic heterocycles. The number of aromatic amines is 1. The van der Waals surface area contributed by atoms with Crippen LogP contribution in [0.3, 0.4) is 0 Å². The van der Waals surface area contributed by atoms with Gasteiger partial charge in [-0.2, -0.15) is 0 Å². The minimum atomic E-state index is -0.155. The molecule has 0 spiro atoms. The molecule has 0 aliphatic rings. The maximum absolute atomic E-state index is 12.4. The van der Waals surface area contributed by atoms with Gasteiger partial charge in [0.2, 0.25) is 0 Å². The van der Waals surface area contributed by atoms with E-state index in [-0.39, 0.29) is 5.91 Å². The third-order valence-corrected chi connectivity index (χ3v) is 4.73. The van der Waals surface area contributed by atoms with Crippen LogP contribution in [0.25, 0.3) is 16.7 Å². The molecule has 1 amide bonds. The Morgan fingerprint density at radius 3 is 2.70 bits per heavy atom. The average Bonchev–Trinajstić information content (AvgIpc) is 3.35. The van der Waals surface area contributed by atoms with E-state index in [1.165, 1.54) is 16.6 Å². The van der Waals surface area contributed by atoms with Gasteiger partial charge in [-0.05, 0) is 48.7 Å². The summed E-state index contributed by atoms with van der Waals surface area (Å²) in [5.41, 5.74) is 5.24. The van der Waals surface area contributed by atoms with Crippen LogP contribution >= 0.6 is 0 Å². The molecule has 4 aromatic rings. The number of H-pyrrole nitrogens is 1. The zero-order valence-corrected chi connectivity index (χ0v) is 15.2. The number of hydrogen-bond acceptors (Lipinski definition) is 4. The standard InChI is InChI=1S/C20H20N6O/c1-3-17-13(2)16-8-14(4-6-18(16)25-17)9-22-20(27)15-5-7-19(21-10-15)26-11-23-24-12-26/h4-8,10-12,25H,3,9H2,1-2H3,(H,22,27). The number of aryl methyl sites for hydroxylation is 2. The predicted molar refractivity (Wildman–Crippen MR) is 103 cm³/mol. The summed E-state index contributed by atoms with van der Waals surface area (Å²) in [7, 11) is 0. The molecule has 0 unspecified atom stereocenters. The van der Waals surface area contributed by atoms with E-state index in [1.54, 1.807) is 35.6 Å². The Balaban J connectivity index is 1.46. The highest BCUT2D eigenvalue weighted by molar-refractivity contribution is 5.94. The van der Waals surface area contributed by atoms with E-state index in [0.717, 1.165) is 17.5 Å². The summed E-state index contributed by atoms with van der Waals surface area (Å²) in [6, 6.07) is 9.74. The monoisotopic (exact) mass is 360 g/mol. The van der Waals surface area contributed by atoms with Gasteiger partial charge in [-0.3, -0.25) is 9.36 Å². The number of nitrogens with one attached hydrogen (secondary N) is 2. The first-order valence-corrected chi connectivity index (χ1v) is 8.85. The van der Waals surface area contributed by atoms with Crippen molar-refractivity contribution in [3.05, 3.63) is 71.6 Å². The second-order valence-corrected chi connectivity index (χ2v) is 6.42. The second kappa shape index (κ2) is 7.03. The van der Waals surface area contributed by atoms with Crippen molar-refractivity contribution in [1.82, 2.24) is 30.0 Å². The Kier molecular flexibility index (Phi) is 4.42. The van der Waals surface area contributed by atoms with Crippen LogP contribution in [0.15, 0.2) is 49.2 Å². The maximum Gasteiger partial charge on any atom is 0.253 e. The minimum absolute atomic E-state index is 0.155. The zero-order chi connectivity index (χ0) is 18.8. The van der Waals surface area contributed by atoms with E-state index >= 15 is 0 Å². The normalized spacial score (nSPS) is 11.0. The number of rotatable bonds is 5. The Labute approximate surface area is 156 Å². The minimum Gasteiger partial charge on any atom is -0.358 e. The number of fused-ring (bicyclic) bond motifs is 1. The average molecular weight is 360 g/mol. The van der Waals surface area contributed by atoms with Crippen molar-refractivity contribution in [2.24, 2.45) is 0 Å². The summed E-state index contributed by atoms with van der Waals surface area (Å²) in [6.45, 7) is 4.73. The van der Waals surface area contributed by atoms with Gasteiger partial charge in [-0.25, -0.2) is 4.98 Å². The molecule has 2 N–H and O–H groups in total. The Bertz CT molecular complexity index is 1080. The fourth-order valence-electron chi connectivity index (χ4n) is 3.17. The fourth-order valence-corrected chi connectivity index (χ4v) is 3.17. The fraction of sp³-hybridized carbons (Fsp3) is 0.200. The van der Waals surface area contributed by atoms with Gasteiger partial charge in [0, 0.05) is 29.3 Å². The first-order chi connectivity index (χ1) is 13.2. The lowest BCUT2D eigenvalue weighted by Gasteiger charge is -2.07. The number of pyridine rings is 1. The van der Waals surface area contributed by atoms with Crippen LogP contribution < -0.4 is 5.32 Å². The molecule has 0 atom stereocenters. The van der Waals surface area contributed by atoms with Crippen LogP contribution in [0, 0.1) is 6.92 Å². The van der Waals surface area contributed by atoms with E-state index in [9.17, 15) is 4.79 Å². The lowest BCUT2D eigenvalue weighted by molar-refractivity contribution is 0.0950. The molecule has 0 saturated heterocycles. The molecule has 0 aliphatic carbocycles. The Morgan fingerprint density at radius 1 is 1.19 bits per heavy atom. The number of amides is 1. The second-order valence-electron chi connectivity index (χ2n) is 6.42. The molecule has 0 aliphatic heterocycles. The highest BCUT2D eigenvalue weighted by atomic mass is 16.1. The van der Waals surface area contributed by atoms with Gasteiger partial charge >= 0.3 is 0 Å². The molecule has 1 aromatic carbocycles. The van der Waals surface area contributed by atoms with E-state index in [2.05, 4.69) is 51.5 Å². The molecule has 0 fully saturated rings. The molecule has 7 heteroatoms. The van der Waals surface area contributed by atoms with E-state index in [4.69, 9.17) is 0 Å². The van der Waals surface area contributed by atoms with Crippen molar-refractivity contribution >= 4 is 16.8 Å². The van der Waals surface area contributed by atoms with Crippen LogP contribution in [0.4, 0.5) is 0 Å². The third kappa shape index (κ3) is 3.31. The van der Waals surface area contributed by atoms with Crippen LogP contribution in [0.5, 0.6) is 0 Å². The van der Waals surface area contributed by atoms with Gasteiger partial charge in [-0.15, -0.1) is 10.2 Å². The van der Waals surface area contributed by atoms with E-state index in [0.29, 0.717) is 17.9 Å². The van der Waals surface area contributed by atoms with Crippen molar-refractivity contribution in [2.45, 2.75) is 26.8 Å². The SMILES string of the molecule is CCc1[nH]c2ccc(CNC(=O)c3ccc(-n4cnnc4)nc3)cc2c1C. The first kappa shape index (κ1) is 17.0. The topological polar surface area (TPSA) is 88.5 Å². The molecule has 0 radical (unpaired) electrons. The molecule has 4 rings (SSSR count). The lowest BCUT2D eigenvalue weighted by Crippen LogP contribution is -2.23. The van der Waals surface area contributed by atoms with Gasteiger partial charge in [0.1, 0.15) is 18.5 Å². The van der Waals surface area contributed by atoms with Crippen LogP contribution in [-0.4, -0.2) is 30.6 Å². The third-order valence-electron chi connectivity index (χ3n) is 4.73. The summed E-state index contributed by atoms with van der Waals surface area (Å²) in [6.07, 6.45) is 5.65. The summed E-state index contributed by atoms with van der Waals surface area (Å²) in [5, 5.41) is 11.7. The number of hydrogen-bond donors (Lipinski definition) is 2. The van der Waals surface area contributed by atoms with Crippen LogP contribution in [0.1, 0.15) is 34.1 Å². The number of benzene rings is 1. The summed E-state index contributed by atoms with van der Waals surface area (Å²) in [5.74, 6) is 0.509. The molecule has 3 heterocycles. The molecule has 27 heavy (non-hydrogen) atoms. The zero-order valence-electron chi connectivity index (χ0n) is 15.2. The first-order valence-electron chi connectivity index (χ1n) is 8.85. The number of carbonyl (C=O) groups is 1. The summed E-state index contributed by atoms with van der Waals surface area (Å²) in [4.78, 5) is 20.1. The molecule has 136 valence electrons. The van der Waals surface area contributed by atoms with Gasteiger partial charge in [-0.1, -0.05) is 13.0 Å². The molecular weight excluding hydrogens is 340 g/mol. The molecule has 7 nitrogen and oxygen atoms in total. The van der Waals surface area contributed by atoms with Crippen LogP contribution in [0.2, 0.25) is 0 Å². The van der Waals surface area contributed by atoms with Gasteiger partial charge in [0.15, 0.2) is 0 Å². The summed E-state index contributed by atoms with van der Waals surface area (Å²) < 4.78 is 1.68. The van der Waals surface area contributed by atoms with E-state index < -0.39 is 0 Å². The maximum atomic E-state index is 12.4. The van der Waals surface area contributed by atoms with Gasteiger partial charge < -0.3 is 10.3 Å². The van der Waals surface area contributed by atoms with Crippen molar-refractivity contribution in [2.75, 3.05) is 0 Å². The van der Waals surface area contributed by atoms with Crippen molar-refractivity contribution in [3.63, 3.8) is 0 Å².